The van der Waals surface area contributed by atoms with E-state index in [1.165, 1.54) is 25.3 Å². The van der Waals surface area contributed by atoms with Crippen LogP contribution in [0.2, 0.25) is 0 Å². The number of aliphatic imine (C=N–C) groups is 1. The van der Waals surface area contributed by atoms with E-state index >= 15 is 0 Å². The second kappa shape index (κ2) is 7.67. The smallest absolute Gasteiger partial charge is 0.191 e. The van der Waals surface area contributed by atoms with Crippen LogP contribution in [0.15, 0.2) is 23.2 Å². The van der Waals surface area contributed by atoms with Gasteiger partial charge in [-0.15, -0.1) is 24.0 Å². The number of benzene rings is 1. The van der Waals surface area contributed by atoms with Crippen LogP contribution in [0.1, 0.15) is 30.4 Å². The van der Waals surface area contributed by atoms with Crippen LogP contribution in [0.3, 0.4) is 0 Å². The molecule has 5 heteroatoms. The molecule has 1 heterocycles. The summed E-state index contributed by atoms with van der Waals surface area (Å²) in [5, 5.41) is 0. The molecule has 1 aliphatic rings. The average molecular weight is 377 g/mol. The summed E-state index contributed by atoms with van der Waals surface area (Å²) < 4.78 is 13.4. The van der Waals surface area contributed by atoms with Gasteiger partial charge >= 0.3 is 0 Å². The molecule has 106 valence electrons. The quantitative estimate of drug-likeness (QED) is 0.489. The molecule has 1 saturated heterocycles. The number of hydrogen-bond acceptors (Lipinski definition) is 1. The number of nitrogens with zero attached hydrogens (tertiary/aromatic N) is 2. The standard InChI is InChI=1S/C14H20FN3.HI/c1-11-5-6-12(9-13(11)15)10-17-14(16)18-7-3-2-4-8-18;/h5-6,9H,2-4,7-8,10H2,1H3,(H2,16,17);1H. The molecule has 0 aliphatic carbocycles. The van der Waals surface area contributed by atoms with Crippen molar-refractivity contribution in [3.63, 3.8) is 0 Å². The molecule has 1 aromatic rings. The minimum Gasteiger partial charge on any atom is -0.370 e. The molecule has 0 atom stereocenters. The topological polar surface area (TPSA) is 41.6 Å². The SMILES string of the molecule is Cc1ccc(CN=C(N)N2CCCCC2)cc1F.I. The normalized spacial score (nSPS) is 16.1. The van der Waals surface area contributed by atoms with E-state index in [0.29, 0.717) is 18.1 Å². The number of rotatable bonds is 2. The largest absolute Gasteiger partial charge is 0.370 e. The zero-order valence-electron chi connectivity index (χ0n) is 11.2. The highest BCUT2D eigenvalue weighted by atomic mass is 127. The maximum atomic E-state index is 13.4. The van der Waals surface area contributed by atoms with Crippen molar-refractivity contribution < 1.29 is 4.39 Å². The number of likely N-dealkylation sites (tertiary alicyclic amines) is 1. The molecule has 3 nitrogen and oxygen atoms in total. The van der Waals surface area contributed by atoms with Crippen molar-refractivity contribution in [1.82, 2.24) is 4.90 Å². The van der Waals surface area contributed by atoms with Crippen molar-refractivity contribution in [1.29, 1.82) is 0 Å². The Bertz CT molecular complexity index is 442. The molecule has 0 saturated carbocycles. The number of aryl methyl sites for hydroxylation is 1. The van der Waals surface area contributed by atoms with Crippen LogP contribution in [-0.2, 0) is 6.54 Å². The molecule has 2 rings (SSSR count). The van der Waals surface area contributed by atoms with Gasteiger partial charge in [-0.3, -0.25) is 0 Å². The molecule has 1 fully saturated rings. The van der Waals surface area contributed by atoms with E-state index in [2.05, 4.69) is 9.89 Å². The van der Waals surface area contributed by atoms with E-state index in [0.717, 1.165) is 18.7 Å². The second-order valence-electron chi connectivity index (χ2n) is 4.81. The van der Waals surface area contributed by atoms with E-state index in [1.807, 2.05) is 6.07 Å². The highest BCUT2D eigenvalue weighted by Crippen LogP contribution is 2.11. The Hall–Kier alpha value is -0.850. The zero-order chi connectivity index (χ0) is 13.0. The summed E-state index contributed by atoms with van der Waals surface area (Å²) in [5.74, 6) is 0.398. The molecule has 1 aromatic carbocycles. The lowest BCUT2D eigenvalue weighted by Gasteiger charge is -2.27. The lowest BCUT2D eigenvalue weighted by molar-refractivity contribution is 0.338. The number of piperidine rings is 1. The first-order valence-corrected chi connectivity index (χ1v) is 6.47. The van der Waals surface area contributed by atoms with Gasteiger partial charge in [0.2, 0.25) is 0 Å². The summed E-state index contributed by atoms with van der Waals surface area (Å²) in [5.41, 5.74) is 7.46. The molecular weight excluding hydrogens is 356 g/mol. The first-order valence-electron chi connectivity index (χ1n) is 6.47. The average Bonchev–Trinajstić information content (AvgIpc) is 2.41. The van der Waals surface area contributed by atoms with Gasteiger partial charge < -0.3 is 10.6 Å². The van der Waals surface area contributed by atoms with Gasteiger partial charge in [-0.2, -0.15) is 0 Å². The van der Waals surface area contributed by atoms with Gasteiger partial charge in [-0.25, -0.2) is 9.38 Å². The van der Waals surface area contributed by atoms with E-state index in [4.69, 9.17) is 5.73 Å². The van der Waals surface area contributed by atoms with Gasteiger partial charge in [0.25, 0.3) is 0 Å². The lowest BCUT2D eigenvalue weighted by Crippen LogP contribution is -2.40. The maximum absolute atomic E-state index is 13.4. The molecule has 2 N–H and O–H groups in total. The molecule has 0 aromatic heterocycles. The van der Waals surface area contributed by atoms with E-state index < -0.39 is 0 Å². The highest BCUT2D eigenvalue weighted by Gasteiger charge is 2.11. The minimum absolute atomic E-state index is 0. The predicted molar refractivity (Wildman–Crippen MR) is 87.3 cm³/mol. The number of nitrogens with two attached hydrogens (primary N) is 1. The van der Waals surface area contributed by atoms with Gasteiger partial charge in [0.15, 0.2) is 5.96 Å². The van der Waals surface area contributed by atoms with Crippen molar-refractivity contribution in [2.24, 2.45) is 10.7 Å². The van der Waals surface area contributed by atoms with Crippen molar-refractivity contribution >= 4 is 29.9 Å². The third-order valence-electron chi connectivity index (χ3n) is 3.34. The van der Waals surface area contributed by atoms with Crippen molar-refractivity contribution in [3.05, 3.63) is 35.1 Å². The molecule has 0 bridgehead atoms. The monoisotopic (exact) mass is 377 g/mol. The molecule has 1 aliphatic heterocycles. The zero-order valence-corrected chi connectivity index (χ0v) is 13.6. The summed E-state index contributed by atoms with van der Waals surface area (Å²) in [7, 11) is 0. The molecule has 0 unspecified atom stereocenters. The first kappa shape index (κ1) is 16.2. The van der Waals surface area contributed by atoms with Gasteiger partial charge in [-0.05, 0) is 43.4 Å². The minimum atomic E-state index is -0.181. The molecular formula is C14H21FIN3. The molecule has 0 radical (unpaired) electrons. The van der Waals surface area contributed by atoms with Crippen LogP contribution >= 0.6 is 24.0 Å². The van der Waals surface area contributed by atoms with Crippen LogP contribution < -0.4 is 5.73 Å². The Morgan fingerprint density at radius 2 is 2.00 bits per heavy atom. The Balaban J connectivity index is 0.00000180. The van der Waals surface area contributed by atoms with Gasteiger partial charge in [0, 0.05) is 13.1 Å². The second-order valence-corrected chi connectivity index (χ2v) is 4.81. The van der Waals surface area contributed by atoms with Crippen LogP contribution in [0.5, 0.6) is 0 Å². The van der Waals surface area contributed by atoms with Crippen LogP contribution in [-0.4, -0.2) is 23.9 Å². The maximum Gasteiger partial charge on any atom is 0.191 e. The Morgan fingerprint density at radius 3 is 2.63 bits per heavy atom. The number of hydrogen-bond donors (Lipinski definition) is 1. The number of halogens is 2. The summed E-state index contributed by atoms with van der Waals surface area (Å²) in [4.78, 5) is 6.45. The fourth-order valence-corrected chi connectivity index (χ4v) is 2.13. The predicted octanol–water partition coefficient (Wildman–Crippen LogP) is 3.05. The van der Waals surface area contributed by atoms with Crippen LogP contribution in [0.4, 0.5) is 4.39 Å². The van der Waals surface area contributed by atoms with Gasteiger partial charge in [0.1, 0.15) is 5.82 Å². The van der Waals surface area contributed by atoms with Crippen molar-refractivity contribution in [2.45, 2.75) is 32.7 Å². The van der Waals surface area contributed by atoms with Crippen molar-refractivity contribution in [3.8, 4) is 0 Å². The van der Waals surface area contributed by atoms with E-state index in [9.17, 15) is 4.39 Å². The number of guanidine groups is 1. The summed E-state index contributed by atoms with van der Waals surface area (Å²) in [6.07, 6.45) is 3.62. The summed E-state index contributed by atoms with van der Waals surface area (Å²) in [6, 6.07) is 5.20. The summed E-state index contributed by atoms with van der Waals surface area (Å²) in [6.45, 7) is 4.17. The molecule has 19 heavy (non-hydrogen) atoms. The first-order chi connectivity index (χ1) is 8.66. The van der Waals surface area contributed by atoms with E-state index in [-0.39, 0.29) is 29.8 Å². The van der Waals surface area contributed by atoms with E-state index in [1.54, 1.807) is 13.0 Å². The lowest BCUT2D eigenvalue weighted by atomic mass is 10.1. The van der Waals surface area contributed by atoms with Crippen LogP contribution in [0, 0.1) is 12.7 Å². The Labute approximate surface area is 131 Å². The fraction of sp³-hybridized carbons (Fsp3) is 0.500. The fourth-order valence-electron chi connectivity index (χ4n) is 2.13. The Morgan fingerprint density at radius 1 is 1.32 bits per heavy atom. The third-order valence-corrected chi connectivity index (χ3v) is 3.34. The highest BCUT2D eigenvalue weighted by molar-refractivity contribution is 14.0. The van der Waals surface area contributed by atoms with Crippen molar-refractivity contribution in [2.75, 3.05) is 13.1 Å². The molecule has 0 spiro atoms. The van der Waals surface area contributed by atoms with Gasteiger partial charge in [-0.1, -0.05) is 12.1 Å². The van der Waals surface area contributed by atoms with Gasteiger partial charge in [0.05, 0.1) is 6.54 Å². The molecule has 0 amide bonds. The Kier molecular flexibility index (Phi) is 6.54. The van der Waals surface area contributed by atoms with Crippen LogP contribution in [0.25, 0.3) is 0 Å². The summed E-state index contributed by atoms with van der Waals surface area (Å²) >= 11 is 0. The third kappa shape index (κ3) is 4.63.